The number of nitrogens with zero attached hydrogens (tertiary/aromatic N) is 1. The molecular weight excluding hydrogens is 390 g/mol. The normalized spacial score (nSPS) is 37.2. The molecule has 4 rings (SSSR count). The van der Waals surface area contributed by atoms with E-state index >= 15 is 0 Å². The van der Waals surface area contributed by atoms with Crippen LogP contribution in [0.3, 0.4) is 0 Å². The highest BCUT2D eigenvalue weighted by atomic mass is 16.6. The zero-order valence-electron chi connectivity index (χ0n) is 19.9. The van der Waals surface area contributed by atoms with Gasteiger partial charge >= 0.3 is 6.09 Å². The summed E-state index contributed by atoms with van der Waals surface area (Å²) in [5.41, 5.74) is 0.458. The molecule has 0 radical (unpaired) electrons. The molecule has 0 bridgehead atoms. The third kappa shape index (κ3) is 3.89. The Bertz CT molecular complexity index is 788. The molecule has 3 aliphatic rings. The fraction of sp³-hybridized carbons (Fsp3) is 0.731. The summed E-state index contributed by atoms with van der Waals surface area (Å²) in [6, 6.07) is 10.0. The maximum atomic E-state index is 13.1. The summed E-state index contributed by atoms with van der Waals surface area (Å²) in [6.07, 6.45) is 1.23. The van der Waals surface area contributed by atoms with Crippen LogP contribution in [0.5, 0.6) is 0 Å². The molecule has 3 fully saturated rings. The number of hydrogen-bond acceptors (Lipinski definition) is 4. The van der Waals surface area contributed by atoms with Crippen LogP contribution in [0.15, 0.2) is 30.3 Å². The average Bonchev–Trinajstić information content (AvgIpc) is 3.16. The molecule has 2 saturated carbocycles. The highest BCUT2D eigenvalue weighted by Crippen LogP contribution is 2.63. The number of benzene rings is 1. The minimum absolute atomic E-state index is 0.0138. The Balaban J connectivity index is 1.64. The Morgan fingerprint density at radius 3 is 2.52 bits per heavy atom. The van der Waals surface area contributed by atoms with Crippen LogP contribution in [-0.4, -0.2) is 46.5 Å². The van der Waals surface area contributed by atoms with Crippen molar-refractivity contribution in [1.29, 1.82) is 0 Å². The number of aliphatic hydroxyl groups excluding tert-OH is 1. The van der Waals surface area contributed by atoms with Gasteiger partial charge in [-0.05, 0) is 56.9 Å². The van der Waals surface area contributed by atoms with Gasteiger partial charge in [0.1, 0.15) is 5.60 Å². The number of ether oxygens (including phenoxy) is 2. The number of amides is 1. The Morgan fingerprint density at radius 2 is 1.90 bits per heavy atom. The Labute approximate surface area is 187 Å². The lowest BCUT2D eigenvalue weighted by molar-refractivity contribution is -0.177. The molecule has 1 N–H and O–H groups in total. The minimum Gasteiger partial charge on any atom is -0.444 e. The van der Waals surface area contributed by atoms with Crippen molar-refractivity contribution in [2.24, 2.45) is 29.1 Å². The number of carbonyl (C=O) groups excluding carboxylic acids is 1. The van der Waals surface area contributed by atoms with E-state index in [0.29, 0.717) is 25.0 Å². The van der Waals surface area contributed by atoms with Gasteiger partial charge in [0.25, 0.3) is 0 Å². The van der Waals surface area contributed by atoms with Gasteiger partial charge in [-0.3, -0.25) is 0 Å². The van der Waals surface area contributed by atoms with E-state index in [1.165, 1.54) is 0 Å². The van der Waals surface area contributed by atoms with Crippen LogP contribution in [0.25, 0.3) is 0 Å². The van der Waals surface area contributed by atoms with Crippen molar-refractivity contribution < 1.29 is 19.4 Å². The van der Waals surface area contributed by atoms with Crippen molar-refractivity contribution >= 4 is 6.09 Å². The highest BCUT2D eigenvalue weighted by molar-refractivity contribution is 5.69. The van der Waals surface area contributed by atoms with Crippen LogP contribution in [0.1, 0.15) is 59.9 Å². The van der Waals surface area contributed by atoms with E-state index in [9.17, 15) is 9.90 Å². The van der Waals surface area contributed by atoms with Gasteiger partial charge in [-0.15, -0.1) is 0 Å². The zero-order chi connectivity index (χ0) is 22.6. The highest BCUT2D eigenvalue weighted by Gasteiger charge is 2.68. The zero-order valence-corrected chi connectivity index (χ0v) is 19.9. The lowest BCUT2D eigenvalue weighted by Gasteiger charge is -2.54. The van der Waals surface area contributed by atoms with E-state index < -0.39 is 11.7 Å². The molecule has 1 aromatic rings. The summed E-state index contributed by atoms with van der Waals surface area (Å²) >= 11 is 0. The number of carbonyl (C=O) groups is 1. The molecule has 0 unspecified atom stereocenters. The first-order valence-corrected chi connectivity index (χ1v) is 11.9. The van der Waals surface area contributed by atoms with Gasteiger partial charge in [0.15, 0.2) is 0 Å². The lowest BCUT2D eigenvalue weighted by atomic mass is 9.57. The summed E-state index contributed by atoms with van der Waals surface area (Å²) in [4.78, 5) is 15.0. The van der Waals surface area contributed by atoms with Crippen molar-refractivity contribution in [2.75, 3.05) is 6.54 Å². The third-order valence-corrected chi connectivity index (χ3v) is 8.07. The van der Waals surface area contributed by atoms with Gasteiger partial charge in [0, 0.05) is 17.9 Å². The Kier molecular flexibility index (Phi) is 5.89. The monoisotopic (exact) mass is 429 g/mol. The third-order valence-electron chi connectivity index (χ3n) is 8.07. The van der Waals surface area contributed by atoms with Crippen LogP contribution in [0, 0.1) is 29.1 Å². The van der Waals surface area contributed by atoms with E-state index in [1.807, 2.05) is 43.9 Å². The van der Waals surface area contributed by atoms with E-state index in [4.69, 9.17) is 9.47 Å². The second-order valence-electron chi connectivity index (χ2n) is 11.4. The molecule has 7 atom stereocenters. The predicted octanol–water partition coefficient (Wildman–Crippen LogP) is 4.87. The van der Waals surface area contributed by atoms with Crippen LogP contribution in [0.2, 0.25) is 0 Å². The first-order chi connectivity index (χ1) is 14.5. The molecule has 0 aromatic heterocycles. The van der Waals surface area contributed by atoms with Gasteiger partial charge in [-0.2, -0.15) is 0 Å². The van der Waals surface area contributed by atoms with Crippen LogP contribution >= 0.6 is 0 Å². The van der Waals surface area contributed by atoms with Gasteiger partial charge < -0.3 is 19.5 Å². The fourth-order valence-corrected chi connectivity index (χ4v) is 6.76. The second-order valence-corrected chi connectivity index (χ2v) is 11.4. The van der Waals surface area contributed by atoms with Crippen molar-refractivity contribution in [3.8, 4) is 0 Å². The first-order valence-electron chi connectivity index (χ1n) is 11.9. The minimum atomic E-state index is -0.627. The van der Waals surface area contributed by atoms with E-state index in [2.05, 4.69) is 32.9 Å². The molecule has 172 valence electrons. The molecule has 1 saturated heterocycles. The Morgan fingerprint density at radius 1 is 1.23 bits per heavy atom. The molecule has 2 aliphatic carbocycles. The maximum Gasteiger partial charge on any atom is 0.410 e. The summed E-state index contributed by atoms with van der Waals surface area (Å²) in [5.74, 6) is 0.934. The second kappa shape index (κ2) is 8.08. The van der Waals surface area contributed by atoms with Gasteiger partial charge in [0.05, 0.1) is 24.9 Å². The summed E-state index contributed by atoms with van der Waals surface area (Å²) in [5, 5.41) is 11.7. The van der Waals surface area contributed by atoms with Crippen LogP contribution < -0.4 is 0 Å². The Hall–Kier alpha value is -1.59. The standard InChI is InChI=1S/C26H39NO4/c1-16(2)20-21(28)23-26(6)18(14-27(23)24(29)31-25(3,4)5)12-13-19(26)22(20)30-15-17-10-8-7-9-11-17/h7-11,16,18-23,28H,12-15H2,1-6H3/t18-,19+,20-,21+,22-,23-,26+/m0/s1. The lowest BCUT2D eigenvalue weighted by Crippen LogP contribution is -2.64. The van der Waals surface area contributed by atoms with Crippen molar-refractivity contribution in [3.63, 3.8) is 0 Å². The summed E-state index contributed by atoms with van der Waals surface area (Å²) < 4.78 is 12.3. The largest absolute Gasteiger partial charge is 0.444 e. The summed E-state index contributed by atoms with van der Waals surface area (Å²) in [7, 11) is 0. The molecule has 1 aliphatic heterocycles. The average molecular weight is 430 g/mol. The molecule has 31 heavy (non-hydrogen) atoms. The molecule has 1 heterocycles. The fourth-order valence-electron chi connectivity index (χ4n) is 6.76. The van der Waals surface area contributed by atoms with Gasteiger partial charge in [0.2, 0.25) is 0 Å². The van der Waals surface area contributed by atoms with E-state index in [0.717, 1.165) is 18.4 Å². The molecular formula is C26H39NO4. The smallest absolute Gasteiger partial charge is 0.410 e. The quantitative estimate of drug-likeness (QED) is 0.742. The summed E-state index contributed by atoms with van der Waals surface area (Å²) in [6.45, 7) is 13.5. The SMILES string of the molecule is CC(C)[C@H]1[C@@H](O)[C@@H]2N(C(=O)OC(C)(C)C)C[C@@H]3CC[C@H]([C@@H]1OCc1ccccc1)[C@@]32C. The van der Waals surface area contributed by atoms with Crippen LogP contribution in [0.4, 0.5) is 4.79 Å². The number of hydrogen-bond donors (Lipinski definition) is 1. The molecule has 5 nitrogen and oxygen atoms in total. The molecule has 0 spiro atoms. The van der Waals surface area contributed by atoms with Crippen LogP contribution in [-0.2, 0) is 16.1 Å². The number of aliphatic hydroxyl groups is 1. The van der Waals surface area contributed by atoms with Crippen molar-refractivity contribution in [3.05, 3.63) is 35.9 Å². The van der Waals surface area contributed by atoms with Gasteiger partial charge in [-0.25, -0.2) is 4.79 Å². The predicted molar refractivity (Wildman–Crippen MR) is 120 cm³/mol. The number of likely N-dealkylation sites (tertiary alicyclic amines) is 1. The maximum absolute atomic E-state index is 13.1. The van der Waals surface area contributed by atoms with Crippen molar-refractivity contribution in [2.45, 2.75) is 84.8 Å². The molecule has 1 amide bonds. The van der Waals surface area contributed by atoms with Gasteiger partial charge in [-0.1, -0.05) is 51.1 Å². The molecule has 5 heteroatoms. The van der Waals surface area contributed by atoms with E-state index in [1.54, 1.807) is 0 Å². The first kappa shape index (κ1) is 22.6. The van der Waals surface area contributed by atoms with E-state index in [-0.39, 0.29) is 35.5 Å². The topological polar surface area (TPSA) is 59.0 Å². The molecule has 1 aromatic carbocycles. The number of rotatable bonds is 4. The van der Waals surface area contributed by atoms with Crippen molar-refractivity contribution in [1.82, 2.24) is 4.90 Å².